The highest BCUT2D eigenvalue weighted by atomic mass is 16.6. The lowest BCUT2D eigenvalue weighted by molar-refractivity contribution is -0.389. The molecule has 0 aliphatic rings. The summed E-state index contributed by atoms with van der Waals surface area (Å²) >= 11 is 0. The molecule has 64 valence electrons. The van der Waals surface area contributed by atoms with Crippen molar-refractivity contribution >= 4 is 11.5 Å². The van der Waals surface area contributed by atoms with Crippen molar-refractivity contribution < 1.29 is 4.92 Å². The predicted octanol–water partition coefficient (Wildman–Crippen LogP) is 0.0307. The zero-order chi connectivity index (χ0) is 9.14. The summed E-state index contributed by atoms with van der Waals surface area (Å²) in [6, 6.07) is 2.70. The summed E-state index contributed by atoms with van der Waals surface area (Å²) in [5.74, 6) is -0.268. The van der Waals surface area contributed by atoms with E-state index < -0.39 is 4.92 Å². The number of hydrogen-bond donors (Lipinski definition) is 2. The first-order chi connectivity index (χ1) is 5.63. The maximum atomic E-state index is 10.3. The summed E-state index contributed by atoms with van der Waals surface area (Å²) in [6.07, 6.45) is 0. The molecule has 1 aromatic heterocycles. The Balaban J connectivity index is 3.15. The van der Waals surface area contributed by atoms with Crippen LogP contribution in [0.3, 0.4) is 0 Å². The summed E-state index contributed by atoms with van der Waals surface area (Å²) in [5.41, 5.74) is 11.3. The first-order valence-corrected chi connectivity index (χ1v) is 3.24. The van der Waals surface area contributed by atoms with Crippen LogP contribution in [-0.2, 0) is 6.54 Å². The van der Waals surface area contributed by atoms with Gasteiger partial charge in [0, 0.05) is 11.8 Å². The maximum absolute atomic E-state index is 10.3. The highest BCUT2D eigenvalue weighted by Gasteiger charge is 2.10. The Labute approximate surface area is 68.3 Å². The van der Waals surface area contributed by atoms with Crippen LogP contribution in [0.5, 0.6) is 0 Å². The van der Waals surface area contributed by atoms with Crippen LogP contribution in [0.4, 0.5) is 11.5 Å². The van der Waals surface area contributed by atoms with Gasteiger partial charge < -0.3 is 21.6 Å². The van der Waals surface area contributed by atoms with Crippen molar-refractivity contribution in [2.75, 3.05) is 5.73 Å². The Morgan fingerprint density at radius 1 is 1.58 bits per heavy atom. The lowest BCUT2D eigenvalue weighted by Crippen LogP contribution is -2.03. The molecule has 0 saturated carbocycles. The number of hydrogen-bond acceptors (Lipinski definition) is 5. The fourth-order valence-electron chi connectivity index (χ4n) is 0.793. The molecular formula is C6H8N4O2. The summed E-state index contributed by atoms with van der Waals surface area (Å²) in [5, 5.41) is 10.3. The van der Waals surface area contributed by atoms with E-state index in [9.17, 15) is 10.1 Å². The van der Waals surface area contributed by atoms with Gasteiger partial charge in [-0.25, -0.2) is 0 Å². The van der Waals surface area contributed by atoms with Crippen molar-refractivity contribution in [3.8, 4) is 0 Å². The van der Waals surface area contributed by atoms with E-state index in [0.29, 0.717) is 11.4 Å². The number of nitrogens with two attached hydrogens (primary N) is 2. The molecule has 0 amide bonds. The van der Waals surface area contributed by atoms with E-state index in [2.05, 4.69) is 4.98 Å². The Hall–Kier alpha value is -1.69. The van der Waals surface area contributed by atoms with Crippen molar-refractivity contribution in [2.45, 2.75) is 6.54 Å². The zero-order valence-corrected chi connectivity index (χ0v) is 6.23. The number of aromatic nitrogens is 1. The van der Waals surface area contributed by atoms with E-state index >= 15 is 0 Å². The van der Waals surface area contributed by atoms with Crippen LogP contribution in [0.2, 0.25) is 0 Å². The van der Waals surface area contributed by atoms with Crippen molar-refractivity contribution in [2.24, 2.45) is 5.73 Å². The zero-order valence-electron chi connectivity index (χ0n) is 6.23. The molecule has 6 nitrogen and oxygen atoms in total. The summed E-state index contributed by atoms with van der Waals surface area (Å²) in [7, 11) is 0. The predicted molar refractivity (Wildman–Crippen MR) is 43.2 cm³/mol. The fraction of sp³-hybridized carbons (Fsp3) is 0.167. The van der Waals surface area contributed by atoms with E-state index in [1.807, 2.05) is 0 Å². The van der Waals surface area contributed by atoms with Crippen LogP contribution in [0.1, 0.15) is 5.69 Å². The van der Waals surface area contributed by atoms with Gasteiger partial charge in [0.15, 0.2) is 5.69 Å². The number of nitrogens with zero attached hydrogens (tertiary/aromatic N) is 2. The average molecular weight is 168 g/mol. The molecule has 0 aromatic carbocycles. The maximum Gasteiger partial charge on any atom is 0.365 e. The quantitative estimate of drug-likeness (QED) is 0.478. The van der Waals surface area contributed by atoms with Crippen LogP contribution in [0.25, 0.3) is 0 Å². The van der Waals surface area contributed by atoms with Gasteiger partial charge in [-0.3, -0.25) is 0 Å². The van der Waals surface area contributed by atoms with Crippen LogP contribution in [0, 0.1) is 10.1 Å². The molecule has 4 N–H and O–H groups in total. The topological polar surface area (TPSA) is 108 Å². The third-order valence-electron chi connectivity index (χ3n) is 1.28. The summed E-state index contributed by atoms with van der Waals surface area (Å²) in [6.45, 7) is 0.145. The minimum Gasteiger partial charge on any atom is -0.398 e. The largest absolute Gasteiger partial charge is 0.398 e. The van der Waals surface area contributed by atoms with Gasteiger partial charge in [-0.2, -0.15) is 0 Å². The van der Waals surface area contributed by atoms with E-state index in [1.54, 1.807) is 0 Å². The molecule has 0 aliphatic carbocycles. The minimum absolute atomic E-state index is 0.145. The van der Waals surface area contributed by atoms with Crippen LogP contribution < -0.4 is 11.5 Å². The molecule has 0 atom stereocenters. The van der Waals surface area contributed by atoms with Gasteiger partial charge in [0.1, 0.15) is 0 Å². The van der Waals surface area contributed by atoms with Gasteiger partial charge in [0.2, 0.25) is 0 Å². The van der Waals surface area contributed by atoms with Gasteiger partial charge >= 0.3 is 5.82 Å². The fourth-order valence-corrected chi connectivity index (χ4v) is 0.793. The summed E-state index contributed by atoms with van der Waals surface area (Å²) < 4.78 is 0. The van der Waals surface area contributed by atoms with Gasteiger partial charge in [0.05, 0.1) is 12.6 Å². The lowest BCUT2D eigenvalue weighted by Gasteiger charge is -1.95. The van der Waals surface area contributed by atoms with Crippen LogP contribution in [-0.4, -0.2) is 9.91 Å². The Kier molecular flexibility index (Phi) is 2.20. The second kappa shape index (κ2) is 3.14. The molecule has 0 unspecified atom stereocenters. The standard InChI is InChI=1S/C6H8N4O2/c7-3-5-1-4(8)2-6(9-5)10(11)12/h1-2H,3,7H2,(H2,8,9). The van der Waals surface area contributed by atoms with Crippen LogP contribution in [0.15, 0.2) is 12.1 Å². The molecule has 0 spiro atoms. The molecule has 0 fully saturated rings. The molecule has 12 heavy (non-hydrogen) atoms. The van der Waals surface area contributed by atoms with Crippen molar-refractivity contribution in [3.05, 3.63) is 27.9 Å². The molecule has 0 bridgehead atoms. The number of nitro groups is 1. The summed E-state index contributed by atoms with van der Waals surface area (Å²) in [4.78, 5) is 13.3. The van der Waals surface area contributed by atoms with Crippen LogP contribution >= 0.6 is 0 Å². The van der Waals surface area contributed by atoms with E-state index in [-0.39, 0.29) is 12.4 Å². The third-order valence-corrected chi connectivity index (χ3v) is 1.28. The third kappa shape index (κ3) is 1.67. The highest BCUT2D eigenvalue weighted by molar-refractivity contribution is 5.44. The molecule has 1 rings (SSSR count). The second-order valence-electron chi connectivity index (χ2n) is 2.21. The normalized spacial score (nSPS) is 9.75. The molecule has 0 radical (unpaired) electrons. The molecule has 6 heteroatoms. The number of pyridine rings is 1. The molecule has 1 heterocycles. The number of nitrogen functional groups attached to an aromatic ring is 1. The molecular weight excluding hydrogens is 160 g/mol. The van der Waals surface area contributed by atoms with Crippen molar-refractivity contribution in [1.29, 1.82) is 0 Å². The minimum atomic E-state index is -0.602. The van der Waals surface area contributed by atoms with E-state index in [1.165, 1.54) is 12.1 Å². The highest BCUT2D eigenvalue weighted by Crippen LogP contribution is 2.13. The first kappa shape index (κ1) is 8.41. The van der Waals surface area contributed by atoms with Gasteiger partial charge in [-0.15, -0.1) is 0 Å². The van der Waals surface area contributed by atoms with Crippen molar-refractivity contribution in [1.82, 2.24) is 4.98 Å². The first-order valence-electron chi connectivity index (χ1n) is 3.24. The van der Waals surface area contributed by atoms with Crippen molar-refractivity contribution in [3.63, 3.8) is 0 Å². The Bertz CT molecular complexity index is 312. The smallest absolute Gasteiger partial charge is 0.365 e. The molecule has 0 aliphatic heterocycles. The SMILES string of the molecule is NCc1cc(N)cc([N+](=O)[O-])n1. The number of rotatable bonds is 2. The Morgan fingerprint density at radius 3 is 2.75 bits per heavy atom. The van der Waals surface area contributed by atoms with E-state index in [4.69, 9.17) is 11.5 Å². The monoisotopic (exact) mass is 168 g/mol. The number of anilines is 1. The molecule has 0 saturated heterocycles. The average Bonchev–Trinajstić information content (AvgIpc) is 2.03. The Morgan fingerprint density at radius 2 is 2.25 bits per heavy atom. The second-order valence-corrected chi connectivity index (χ2v) is 2.21. The lowest BCUT2D eigenvalue weighted by atomic mass is 10.3. The van der Waals surface area contributed by atoms with Gasteiger partial charge in [-0.1, -0.05) is 0 Å². The van der Waals surface area contributed by atoms with Gasteiger partial charge in [-0.05, 0) is 9.91 Å². The van der Waals surface area contributed by atoms with E-state index in [0.717, 1.165) is 0 Å². The molecule has 1 aromatic rings. The van der Waals surface area contributed by atoms with Gasteiger partial charge in [0.25, 0.3) is 0 Å².